The van der Waals surface area contributed by atoms with E-state index in [9.17, 15) is 61.5 Å². The molecule has 0 atom stereocenters. The lowest BCUT2D eigenvalue weighted by Crippen LogP contribution is -2.65. The second kappa shape index (κ2) is 5.53. The van der Waals surface area contributed by atoms with Crippen molar-refractivity contribution < 1.29 is 61.5 Å². The van der Waals surface area contributed by atoms with Gasteiger partial charge < -0.3 is 0 Å². The highest BCUT2D eigenvalue weighted by Gasteiger charge is 2.84. The molecule has 0 nitrogen and oxygen atoms in total. The van der Waals surface area contributed by atoms with Crippen LogP contribution in [0.15, 0.2) is 0 Å². The van der Waals surface area contributed by atoms with E-state index in [2.05, 4.69) is 0 Å². The fourth-order valence-electron chi connectivity index (χ4n) is 1.12. The maximum Gasteiger partial charge on any atom is 0.384 e. The lowest BCUT2D eigenvalue weighted by atomic mass is 9.93. The zero-order valence-electron chi connectivity index (χ0n) is 10.6. The van der Waals surface area contributed by atoms with Gasteiger partial charge in [-0.05, 0) is 0 Å². The van der Waals surface area contributed by atoms with Gasteiger partial charge in [-0.15, -0.1) is 0 Å². The zero-order valence-corrected chi connectivity index (χ0v) is 10.6. The van der Waals surface area contributed by atoms with Gasteiger partial charge in [0.05, 0.1) is 6.42 Å². The number of hydrogen-bond donors (Lipinski definition) is 0. The monoisotopic (exact) mass is 380 g/mol. The minimum absolute atomic E-state index is 0.729. The summed E-state index contributed by atoms with van der Waals surface area (Å²) < 4.78 is 175. The third kappa shape index (κ3) is 3.44. The van der Waals surface area contributed by atoms with Gasteiger partial charge in [0, 0.05) is 6.92 Å². The van der Waals surface area contributed by atoms with Gasteiger partial charge in [0.2, 0.25) is 0 Å². The molecule has 14 heteroatoms. The van der Waals surface area contributed by atoms with Crippen LogP contribution in [0.1, 0.15) is 13.3 Å². The molecule has 0 aliphatic heterocycles. The molecule has 0 aliphatic carbocycles. The Morgan fingerprint density at radius 2 is 0.957 bits per heavy atom. The number of halogens is 14. The van der Waals surface area contributed by atoms with Gasteiger partial charge >= 0.3 is 42.0 Å². The molecule has 0 saturated heterocycles. The molecular weight excluding hydrogens is 374 g/mol. The fraction of sp³-hybridized carbons (Fsp3) is 1.00. The average molecular weight is 380 g/mol. The highest BCUT2D eigenvalue weighted by atomic mass is 19.4. The summed E-state index contributed by atoms with van der Waals surface area (Å²) in [5, 5.41) is 0. The molecule has 0 aliphatic rings. The van der Waals surface area contributed by atoms with E-state index in [0.717, 1.165) is 0 Å². The van der Waals surface area contributed by atoms with E-state index >= 15 is 0 Å². The molecule has 0 aromatic heterocycles. The van der Waals surface area contributed by atoms with Crippen molar-refractivity contribution >= 4 is 0 Å². The summed E-state index contributed by atoms with van der Waals surface area (Å²) >= 11 is 0. The minimum atomic E-state index is -7.50. The third-order valence-corrected chi connectivity index (χ3v) is 2.63. The first kappa shape index (κ1) is 22.0. The molecular formula is C9H6F14. The number of alkyl halides is 14. The van der Waals surface area contributed by atoms with Crippen LogP contribution in [0.3, 0.4) is 0 Å². The van der Waals surface area contributed by atoms with Crippen LogP contribution in [0.2, 0.25) is 0 Å². The Morgan fingerprint density at radius 3 is 1.22 bits per heavy atom. The normalized spacial score (nSPS) is 16.2. The van der Waals surface area contributed by atoms with Crippen LogP contribution in [0, 0.1) is 0 Å². The Morgan fingerprint density at radius 1 is 0.609 bits per heavy atom. The first-order valence-electron chi connectivity index (χ1n) is 5.20. The van der Waals surface area contributed by atoms with Crippen LogP contribution in [0.5, 0.6) is 0 Å². The molecule has 0 radical (unpaired) electrons. The first-order valence-corrected chi connectivity index (χ1v) is 5.20. The van der Waals surface area contributed by atoms with E-state index in [0.29, 0.717) is 0 Å². The summed E-state index contributed by atoms with van der Waals surface area (Å²) in [5.41, 5.74) is 0. The van der Waals surface area contributed by atoms with Crippen molar-refractivity contribution in [3.63, 3.8) is 0 Å². The van der Waals surface area contributed by atoms with Gasteiger partial charge in [-0.2, -0.15) is 43.9 Å². The summed E-state index contributed by atoms with van der Waals surface area (Å²) in [6.45, 7) is -0.729. The van der Waals surface area contributed by atoms with Crippen molar-refractivity contribution in [2.24, 2.45) is 0 Å². The third-order valence-electron chi connectivity index (χ3n) is 2.63. The van der Waals surface area contributed by atoms with E-state index in [1.165, 1.54) is 0 Å². The van der Waals surface area contributed by atoms with E-state index in [1.54, 1.807) is 0 Å². The zero-order chi connectivity index (χ0) is 19.3. The maximum absolute atomic E-state index is 12.9. The van der Waals surface area contributed by atoms with Gasteiger partial charge in [0.15, 0.2) is 0 Å². The topological polar surface area (TPSA) is 0 Å². The van der Waals surface area contributed by atoms with E-state index in [1.807, 2.05) is 0 Å². The summed E-state index contributed by atoms with van der Waals surface area (Å²) in [5.74, 6) is -40.3. The second-order valence-corrected chi connectivity index (χ2v) is 4.55. The maximum atomic E-state index is 12.9. The molecule has 0 heterocycles. The molecule has 0 aromatic rings. The Balaban J connectivity index is 5.90. The van der Waals surface area contributed by atoms with Crippen molar-refractivity contribution in [2.45, 2.75) is 55.3 Å². The van der Waals surface area contributed by atoms with Crippen LogP contribution in [0.4, 0.5) is 61.5 Å². The molecule has 0 saturated carbocycles. The fourth-order valence-corrected chi connectivity index (χ4v) is 1.12. The molecule has 0 fully saturated rings. The van der Waals surface area contributed by atoms with Gasteiger partial charge in [0.25, 0.3) is 0 Å². The van der Waals surface area contributed by atoms with Crippen molar-refractivity contribution in [3.05, 3.63) is 0 Å². The standard InChI is InChI=1S/C9H6F14/c1-4(12,13)5(14,15)2-6(16,17)8(20,21)9(22,23)7(18,19)3(10)11/h3H,2H2,1H3. The predicted octanol–water partition coefficient (Wildman–Crippen LogP) is 5.47. The van der Waals surface area contributed by atoms with Gasteiger partial charge in [-0.1, -0.05) is 0 Å². The molecule has 0 amide bonds. The average Bonchev–Trinajstić information content (AvgIpc) is 2.24. The highest BCUT2D eigenvalue weighted by Crippen LogP contribution is 2.57. The van der Waals surface area contributed by atoms with Crippen LogP contribution in [-0.4, -0.2) is 42.0 Å². The number of rotatable bonds is 7. The van der Waals surface area contributed by atoms with E-state index < -0.39 is 55.3 Å². The van der Waals surface area contributed by atoms with Crippen molar-refractivity contribution in [3.8, 4) is 0 Å². The first-order chi connectivity index (χ1) is 9.65. The van der Waals surface area contributed by atoms with Gasteiger partial charge in [0.1, 0.15) is 0 Å². The molecule has 0 bridgehead atoms. The smallest absolute Gasteiger partial charge is 0.203 e. The molecule has 0 unspecified atom stereocenters. The molecule has 0 aromatic carbocycles. The largest absolute Gasteiger partial charge is 0.384 e. The number of hydrogen-bond acceptors (Lipinski definition) is 0. The molecule has 0 rings (SSSR count). The van der Waals surface area contributed by atoms with E-state index in [4.69, 9.17) is 0 Å². The highest BCUT2D eigenvalue weighted by molar-refractivity contribution is 5.06. The van der Waals surface area contributed by atoms with Crippen molar-refractivity contribution in [1.29, 1.82) is 0 Å². The molecule has 23 heavy (non-hydrogen) atoms. The predicted molar refractivity (Wildman–Crippen MR) is 46.0 cm³/mol. The Labute approximate surface area is 118 Å². The lowest BCUT2D eigenvalue weighted by molar-refractivity contribution is -0.392. The van der Waals surface area contributed by atoms with Crippen LogP contribution < -0.4 is 0 Å². The SMILES string of the molecule is CC(F)(F)C(F)(F)CC(F)(F)C(F)(F)C(F)(F)C(F)(F)C(F)F. The van der Waals surface area contributed by atoms with Crippen molar-refractivity contribution in [1.82, 2.24) is 0 Å². The lowest BCUT2D eigenvalue weighted by Gasteiger charge is -2.38. The van der Waals surface area contributed by atoms with Crippen LogP contribution >= 0.6 is 0 Å². The van der Waals surface area contributed by atoms with E-state index in [-0.39, 0.29) is 0 Å². The van der Waals surface area contributed by atoms with Crippen LogP contribution in [0.25, 0.3) is 0 Å². The molecule has 0 spiro atoms. The Kier molecular flexibility index (Phi) is 5.30. The van der Waals surface area contributed by atoms with Crippen molar-refractivity contribution in [2.75, 3.05) is 0 Å². The summed E-state index contributed by atoms with van der Waals surface area (Å²) in [7, 11) is 0. The summed E-state index contributed by atoms with van der Waals surface area (Å²) in [6, 6.07) is 0. The minimum Gasteiger partial charge on any atom is -0.203 e. The Hall–Kier alpha value is -0.980. The quantitative estimate of drug-likeness (QED) is 0.514. The second-order valence-electron chi connectivity index (χ2n) is 4.55. The van der Waals surface area contributed by atoms with Gasteiger partial charge in [-0.25, -0.2) is 17.6 Å². The summed E-state index contributed by atoms with van der Waals surface area (Å²) in [6.07, 6.45) is -9.54. The summed E-state index contributed by atoms with van der Waals surface area (Å²) in [4.78, 5) is 0. The van der Waals surface area contributed by atoms with Gasteiger partial charge in [-0.3, -0.25) is 0 Å². The molecule has 0 N–H and O–H groups in total. The molecule has 140 valence electrons. The van der Waals surface area contributed by atoms with Crippen LogP contribution in [-0.2, 0) is 0 Å². The Bertz CT molecular complexity index is 416.